The lowest BCUT2D eigenvalue weighted by atomic mass is 10.0. The van der Waals surface area contributed by atoms with Gasteiger partial charge in [0.25, 0.3) is 0 Å². The Labute approximate surface area is 206 Å². The molecule has 0 aliphatic carbocycles. The van der Waals surface area contributed by atoms with E-state index in [9.17, 15) is 4.39 Å². The number of piperazine rings is 1. The van der Waals surface area contributed by atoms with Gasteiger partial charge in [-0.1, -0.05) is 44.2 Å². The van der Waals surface area contributed by atoms with Gasteiger partial charge in [-0.05, 0) is 55.1 Å². The van der Waals surface area contributed by atoms with Crippen LogP contribution in [0.25, 0.3) is 0 Å². The molecule has 2 aliphatic heterocycles. The Balaban J connectivity index is 1.42. The quantitative estimate of drug-likeness (QED) is 0.473. The number of aromatic nitrogens is 1. The average Bonchev–Trinajstić information content (AvgIpc) is 3.13. The van der Waals surface area contributed by atoms with Crippen molar-refractivity contribution in [2.75, 3.05) is 26.7 Å². The Bertz CT molecular complexity index is 1170. The fraction of sp³-hybridized carbons (Fsp3) is 0.429. The number of benzene rings is 2. The summed E-state index contributed by atoms with van der Waals surface area (Å²) >= 11 is 1.86. The minimum atomic E-state index is -0.174. The summed E-state index contributed by atoms with van der Waals surface area (Å²) < 4.78 is 13.3. The minimum absolute atomic E-state index is 0.174. The maximum atomic E-state index is 13.3. The zero-order valence-electron chi connectivity index (χ0n) is 20.3. The molecule has 0 bridgehead atoms. The van der Waals surface area contributed by atoms with Crippen molar-refractivity contribution in [1.29, 1.82) is 0 Å². The van der Waals surface area contributed by atoms with Gasteiger partial charge in [-0.25, -0.2) is 14.4 Å². The van der Waals surface area contributed by atoms with Gasteiger partial charge in [-0.3, -0.25) is 4.90 Å². The van der Waals surface area contributed by atoms with E-state index in [1.807, 2.05) is 23.5 Å². The van der Waals surface area contributed by atoms with E-state index >= 15 is 0 Å². The third kappa shape index (κ3) is 5.08. The van der Waals surface area contributed by atoms with Crippen LogP contribution in [0.15, 0.2) is 53.5 Å². The number of halogens is 1. The van der Waals surface area contributed by atoms with Gasteiger partial charge in [0, 0.05) is 43.4 Å². The zero-order chi connectivity index (χ0) is 23.7. The van der Waals surface area contributed by atoms with Crippen molar-refractivity contribution in [2.24, 2.45) is 10.9 Å². The lowest BCUT2D eigenvalue weighted by Gasteiger charge is -2.40. The molecule has 4 nitrogen and oxygen atoms in total. The summed E-state index contributed by atoms with van der Waals surface area (Å²) in [5.74, 6) is 1.44. The van der Waals surface area contributed by atoms with Crippen molar-refractivity contribution in [2.45, 2.75) is 45.6 Å². The van der Waals surface area contributed by atoms with Crippen LogP contribution in [0.4, 0.5) is 10.1 Å². The normalized spacial score (nSPS) is 18.4. The number of amidine groups is 1. The molecule has 3 aromatic rings. The monoisotopic (exact) mass is 476 g/mol. The SMILES string of the molecule is CC(C)Cc1nc2c(s1)Cc1ccccc1N=C2N1CCN(C)[C@@H](CCc2ccc(F)cc2)C1. The largest absolute Gasteiger partial charge is 0.352 e. The predicted molar refractivity (Wildman–Crippen MR) is 139 cm³/mol. The van der Waals surface area contributed by atoms with Crippen LogP contribution in [0.2, 0.25) is 0 Å². The molecule has 5 rings (SSSR count). The number of rotatable bonds is 5. The first-order valence-electron chi connectivity index (χ1n) is 12.3. The summed E-state index contributed by atoms with van der Waals surface area (Å²) in [6.45, 7) is 7.37. The second-order valence-corrected chi connectivity index (χ2v) is 11.1. The van der Waals surface area contributed by atoms with Crippen molar-refractivity contribution in [3.8, 4) is 0 Å². The molecule has 1 atom stereocenters. The Kier molecular flexibility index (Phi) is 6.79. The van der Waals surface area contributed by atoms with E-state index in [0.717, 1.165) is 62.5 Å². The highest BCUT2D eigenvalue weighted by atomic mass is 32.1. The Morgan fingerprint density at radius 3 is 2.68 bits per heavy atom. The van der Waals surface area contributed by atoms with Gasteiger partial charge in [0.15, 0.2) is 5.84 Å². The first-order valence-corrected chi connectivity index (χ1v) is 13.1. The van der Waals surface area contributed by atoms with Crippen molar-refractivity contribution in [3.63, 3.8) is 0 Å². The Hall–Kier alpha value is -2.57. The van der Waals surface area contributed by atoms with Gasteiger partial charge in [-0.2, -0.15) is 0 Å². The third-order valence-electron chi connectivity index (χ3n) is 6.86. The summed E-state index contributed by atoms with van der Waals surface area (Å²) in [6.07, 6.45) is 3.88. The summed E-state index contributed by atoms with van der Waals surface area (Å²) in [5, 5.41) is 1.22. The maximum absolute atomic E-state index is 13.3. The first kappa shape index (κ1) is 23.2. The Morgan fingerprint density at radius 2 is 1.88 bits per heavy atom. The topological polar surface area (TPSA) is 31.7 Å². The highest BCUT2D eigenvalue weighted by Crippen LogP contribution is 2.33. The van der Waals surface area contributed by atoms with E-state index in [0.29, 0.717) is 12.0 Å². The third-order valence-corrected chi connectivity index (χ3v) is 7.94. The maximum Gasteiger partial charge on any atom is 0.156 e. The summed E-state index contributed by atoms with van der Waals surface area (Å²) in [7, 11) is 2.21. The van der Waals surface area contributed by atoms with Crippen LogP contribution < -0.4 is 0 Å². The molecule has 0 amide bonds. The fourth-order valence-corrected chi connectivity index (χ4v) is 6.20. The number of thiazole rings is 1. The van der Waals surface area contributed by atoms with Gasteiger partial charge in [-0.15, -0.1) is 11.3 Å². The number of likely N-dealkylation sites (N-methyl/N-ethyl adjacent to an activating group) is 1. The van der Waals surface area contributed by atoms with E-state index in [4.69, 9.17) is 9.98 Å². The smallest absolute Gasteiger partial charge is 0.156 e. The molecule has 0 unspecified atom stereocenters. The van der Waals surface area contributed by atoms with Crippen LogP contribution in [-0.4, -0.2) is 53.3 Å². The second kappa shape index (κ2) is 9.96. The first-order chi connectivity index (χ1) is 16.5. The van der Waals surface area contributed by atoms with Gasteiger partial charge in [0.05, 0.1) is 10.7 Å². The zero-order valence-corrected chi connectivity index (χ0v) is 21.1. The summed E-state index contributed by atoms with van der Waals surface area (Å²) in [5.41, 5.74) is 4.61. The molecule has 2 aromatic carbocycles. The van der Waals surface area contributed by atoms with Crippen molar-refractivity contribution < 1.29 is 4.39 Å². The predicted octanol–water partition coefficient (Wildman–Crippen LogP) is 5.71. The molecule has 178 valence electrons. The van der Waals surface area contributed by atoms with Gasteiger partial charge in [0.1, 0.15) is 11.5 Å². The van der Waals surface area contributed by atoms with Crippen LogP contribution in [0.5, 0.6) is 0 Å². The average molecular weight is 477 g/mol. The molecule has 1 aromatic heterocycles. The van der Waals surface area contributed by atoms with Crippen molar-refractivity contribution >= 4 is 22.9 Å². The van der Waals surface area contributed by atoms with Crippen LogP contribution in [0, 0.1) is 11.7 Å². The van der Waals surface area contributed by atoms with Crippen LogP contribution in [0.1, 0.15) is 47.0 Å². The Morgan fingerprint density at radius 1 is 1.09 bits per heavy atom. The molecule has 0 saturated carbocycles. The van der Waals surface area contributed by atoms with Crippen molar-refractivity contribution in [1.82, 2.24) is 14.8 Å². The lowest BCUT2D eigenvalue weighted by molar-refractivity contribution is 0.134. The molecule has 0 spiro atoms. The second-order valence-electron chi connectivity index (χ2n) is 9.96. The lowest BCUT2D eigenvalue weighted by Crippen LogP contribution is -2.53. The molecule has 6 heteroatoms. The van der Waals surface area contributed by atoms with E-state index in [2.05, 4.69) is 55.0 Å². The van der Waals surface area contributed by atoms with E-state index in [-0.39, 0.29) is 5.82 Å². The summed E-state index contributed by atoms with van der Waals surface area (Å²) in [4.78, 5) is 16.6. The van der Waals surface area contributed by atoms with E-state index in [1.165, 1.54) is 21.0 Å². The van der Waals surface area contributed by atoms with Crippen molar-refractivity contribution in [3.05, 3.63) is 81.1 Å². The molecule has 2 aliphatic rings. The van der Waals surface area contributed by atoms with Gasteiger partial charge >= 0.3 is 0 Å². The van der Waals surface area contributed by atoms with E-state index < -0.39 is 0 Å². The van der Waals surface area contributed by atoms with E-state index in [1.54, 1.807) is 12.1 Å². The molecule has 3 heterocycles. The van der Waals surface area contributed by atoms with Crippen LogP contribution in [0.3, 0.4) is 0 Å². The molecule has 1 fully saturated rings. The molecular formula is C28H33FN4S. The number of aliphatic imine (C=N–C) groups is 1. The number of hydrogen-bond acceptors (Lipinski definition) is 5. The molecular weight excluding hydrogens is 443 g/mol. The summed E-state index contributed by atoms with van der Waals surface area (Å²) in [6, 6.07) is 15.8. The van der Waals surface area contributed by atoms with Gasteiger partial charge in [0.2, 0.25) is 0 Å². The fourth-order valence-electron chi connectivity index (χ4n) is 4.90. The molecule has 0 radical (unpaired) electrons. The standard InChI is InChI=1S/C28H33FN4S/c1-19(2)16-26-31-27-25(34-26)17-21-6-4-5-7-24(21)30-28(27)33-15-14-32(3)23(18-33)13-10-20-8-11-22(29)12-9-20/h4-9,11-12,19,23H,10,13-18H2,1-3H3/t23-/m0/s1. The highest BCUT2D eigenvalue weighted by Gasteiger charge is 2.31. The number of para-hydroxylation sites is 1. The van der Waals surface area contributed by atoms with Crippen LogP contribution >= 0.6 is 11.3 Å². The number of nitrogens with zero attached hydrogens (tertiary/aromatic N) is 4. The highest BCUT2D eigenvalue weighted by molar-refractivity contribution is 7.12. The van der Waals surface area contributed by atoms with Crippen LogP contribution in [-0.2, 0) is 19.3 Å². The number of hydrogen-bond donors (Lipinski definition) is 0. The molecule has 0 N–H and O–H groups in total. The minimum Gasteiger partial charge on any atom is -0.352 e. The number of aryl methyl sites for hydroxylation is 1. The number of fused-ring (bicyclic) bond motifs is 2. The molecule has 34 heavy (non-hydrogen) atoms. The molecule has 1 saturated heterocycles. The van der Waals surface area contributed by atoms with Gasteiger partial charge < -0.3 is 4.90 Å².